The van der Waals surface area contributed by atoms with Gasteiger partial charge in [0.1, 0.15) is 0 Å². The number of benzene rings is 2. The number of fused-ring (bicyclic) bond motifs is 1. The third-order valence-corrected chi connectivity index (χ3v) is 4.38. The molecular weight excluding hydrogens is 300 g/mol. The summed E-state index contributed by atoms with van der Waals surface area (Å²) in [6.07, 6.45) is 2.88. The third kappa shape index (κ3) is 3.10. The highest BCUT2D eigenvalue weighted by Crippen LogP contribution is 2.35. The summed E-state index contributed by atoms with van der Waals surface area (Å²) in [6.45, 7) is 3.16. The van der Waals surface area contributed by atoms with Crippen LogP contribution in [0.15, 0.2) is 48.7 Å². The standard InChI is InChI=1S/C20H24N2O2/c1-3-24-20-14(7-6-10-19(20)23-2)11-15(12-21)17-13-22-18-9-5-4-8-16(17)18/h4-10,13,15,22H,3,11-12,21H2,1-2H3. The minimum atomic E-state index is 0.215. The van der Waals surface area contributed by atoms with E-state index >= 15 is 0 Å². The summed E-state index contributed by atoms with van der Waals surface area (Å²) in [5, 5.41) is 1.23. The minimum Gasteiger partial charge on any atom is -0.493 e. The minimum absolute atomic E-state index is 0.215. The van der Waals surface area contributed by atoms with Gasteiger partial charge < -0.3 is 20.2 Å². The average molecular weight is 324 g/mol. The van der Waals surface area contributed by atoms with Crippen molar-refractivity contribution in [3.8, 4) is 11.5 Å². The van der Waals surface area contributed by atoms with Crippen molar-refractivity contribution in [2.24, 2.45) is 5.73 Å². The predicted octanol–water partition coefficient (Wildman–Crippen LogP) is 3.86. The molecule has 3 N–H and O–H groups in total. The van der Waals surface area contributed by atoms with Crippen molar-refractivity contribution in [2.45, 2.75) is 19.3 Å². The zero-order chi connectivity index (χ0) is 16.9. The second kappa shape index (κ2) is 7.41. The summed E-state index contributed by atoms with van der Waals surface area (Å²) >= 11 is 0. The summed E-state index contributed by atoms with van der Waals surface area (Å²) in [7, 11) is 1.67. The van der Waals surface area contributed by atoms with E-state index in [0.29, 0.717) is 13.2 Å². The molecule has 1 heterocycles. The van der Waals surface area contributed by atoms with Crippen molar-refractivity contribution in [3.63, 3.8) is 0 Å². The topological polar surface area (TPSA) is 60.3 Å². The van der Waals surface area contributed by atoms with Crippen molar-refractivity contribution < 1.29 is 9.47 Å². The molecule has 126 valence electrons. The number of H-pyrrole nitrogens is 1. The molecule has 0 aliphatic heterocycles. The van der Waals surface area contributed by atoms with E-state index in [9.17, 15) is 0 Å². The first-order valence-electron chi connectivity index (χ1n) is 8.33. The fourth-order valence-electron chi connectivity index (χ4n) is 3.21. The largest absolute Gasteiger partial charge is 0.493 e. The van der Waals surface area contributed by atoms with Crippen molar-refractivity contribution in [1.82, 2.24) is 4.98 Å². The molecule has 0 bridgehead atoms. The second-order valence-electron chi connectivity index (χ2n) is 5.81. The van der Waals surface area contributed by atoms with Crippen LogP contribution in [0.1, 0.15) is 24.0 Å². The van der Waals surface area contributed by atoms with Crippen LogP contribution in [0.2, 0.25) is 0 Å². The highest BCUT2D eigenvalue weighted by molar-refractivity contribution is 5.83. The van der Waals surface area contributed by atoms with Crippen LogP contribution in [-0.2, 0) is 6.42 Å². The first-order chi connectivity index (χ1) is 11.8. The maximum absolute atomic E-state index is 6.11. The molecule has 2 aromatic carbocycles. The molecule has 0 amide bonds. The van der Waals surface area contributed by atoms with E-state index in [4.69, 9.17) is 15.2 Å². The SMILES string of the molecule is CCOc1c(CC(CN)c2c[nH]c3ccccc23)cccc1OC. The van der Waals surface area contributed by atoms with Gasteiger partial charge in [0.15, 0.2) is 11.5 Å². The number of hydrogen-bond donors (Lipinski definition) is 2. The highest BCUT2D eigenvalue weighted by Gasteiger charge is 2.19. The maximum Gasteiger partial charge on any atom is 0.164 e. The molecule has 0 spiro atoms. The van der Waals surface area contributed by atoms with Gasteiger partial charge in [-0.2, -0.15) is 0 Å². The number of aromatic nitrogens is 1. The Balaban J connectivity index is 1.96. The van der Waals surface area contributed by atoms with Gasteiger partial charge in [-0.1, -0.05) is 30.3 Å². The molecule has 4 nitrogen and oxygen atoms in total. The molecule has 3 rings (SSSR count). The van der Waals surface area contributed by atoms with Crippen molar-refractivity contribution >= 4 is 10.9 Å². The van der Waals surface area contributed by atoms with Crippen LogP contribution < -0.4 is 15.2 Å². The van der Waals surface area contributed by atoms with Gasteiger partial charge in [0.25, 0.3) is 0 Å². The van der Waals surface area contributed by atoms with Crippen LogP contribution >= 0.6 is 0 Å². The van der Waals surface area contributed by atoms with Gasteiger partial charge in [-0.05, 0) is 43.1 Å². The lowest BCUT2D eigenvalue weighted by Crippen LogP contribution is -2.15. The molecule has 0 aliphatic rings. The summed E-state index contributed by atoms with van der Waals surface area (Å²) in [6, 6.07) is 14.3. The van der Waals surface area contributed by atoms with E-state index in [2.05, 4.69) is 35.4 Å². The first-order valence-corrected chi connectivity index (χ1v) is 8.33. The van der Waals surface area contributed by atoms with Crippen LogP contribution in [0.4, 0.5) is 0 Å². The van der Waals surface area contributed by atoms with Crippen LogP contribution in [-0.4, -0.2) is 25.2 Å². The summed E-state index contributed by atoms with van der Waals surface area (Å²) < 4.78 is 11.3. The Morgan fingerprint density at radius 3 is 2.71 bits per heavy atom. The number of methoxy groups -OCH3 is 1. The quantitative estimate of drug-likeness (QED) is 0.694. The smallest absolute Gasteiger partial charge is 0.164 e. The number of nitrogens with two attached hydrogens (primary N) is 1. The Kier molecular flexibility index (Phi) is 5.06. The van der Waals surface area contributed by atoms with E-state index in [1.807, 2.05) is 25.1 Å². The number of para-hydroxylation sites is 2. The number of hydrogen-bond acceptors (Lipinski definition) is 3. The fraction of sp³-hybridized carbons (Fsp3) is 0.300. The zero-order valence-corrected chi connectivity index (χ0v) is 14.2. The monoisotopic (exact) mass is 324 g/mol. The normalized spacial score (nSPS) is 12.3. The molecule has 0 saturated heterocycles. The third-order valence-electron chi connectivity index (χ3n) is 4.38. The lowest BCUT2D eigenvalue weighted by Gasteiger charge is -2.19. The van der Waals surface area contributed by atoms with Crippen LogP contribution in [0.5, 0.6) is 11.5 Å². The Hall–Kier alpha value is -2.46. The van der Waals surface area contributed by atoms with Crippen molar-refractivity contribution in [2.75, 3.05) is 20.3 Å². The van der Waals surface area contributed by atoms with E-state index < -0.39 is 0 Å². The summed E-state index contributed by atoms with van der Waals surface area (Å²) in [4.78, 5) is 3.34. The molecule has 1 unspecified atom stereocenters. The van der Waals surface area contributed by atoms with Gasteiger partial charge in [-0.15, -0.1) is 0 Å². The van der Waals surface area contributed by atoms with E-state index in [-0.39, 0.29) is 5.92 Å². The average Bonchev–Trinajstić information content (AvgIpc) is 3.05. The maximum atomic E-state index is 6.11. The number of nitrogens with one attached hydrogen (secondary N) is 1. The lowest BCUT2D eigenvalue weighted by atomic mass is 9.91. The summed E-state index contributed by atoms with van der Waals surface area (Å²) in [5.41, 5.74) is 9.62. The van der Waals surface area contributed by atoms with Gasteiger partial charge in [-0.25, -0.2) is 0 Å². The Bertz CT molecular complexity index is 810. The lowest BCUT2D eigenvalue weighted by molar-refractivity contribution is 0.307. The van der Waals surface area contributed by atoms with Crippen LogP contribution in [0.25, 0.3) is 10.9 Å². The molecule has 3 aromatic rings. The molecule has 0 radical (unpaired) electrons. The predicted molar refractivity (Wildman–Crippen MR) is 98.0 cm³/mol. The Morgan fingerprint density at radius 1 is 1.12 bits per heavy atom. The molecule has 24 heavy (non-hydrogen) atoms. The van der Waals surface area contributed by atoms with E-state index in [1.165, 1.54) is 10.9 Å². The number of ether oxygens (including phenoxy) is 2. The van der Waals surface area contributed by atoms with Crippen molar-refractivity contribution in [3.05, 3.63) is 59.8 Å². The molecule has 1 atom stereocenters. The van der Waals surface area contributed by atoms with Gasteiger partial charge in [0, 0.05) is 23.0 Å². The van der Waals surface area contributed by atoms with Gasteiger partial charge >= 0.3 is 0 Å². The molecule has 4 heteroatoms. The van der Waals surface area contributed by atoms with E-state index in [1.54, 1.807) is 7.11 Å². The number of rotatable bonds is 7. The van der Waals surface area contributed by atoms with Crippen LogP contribution in [0, 0.1) is 0 Å². The van der Waals surface area contributed by atoms with Crippen LogP contribution in [0.3, 0.4) is 0 Å². The van der Waals surface area contributed by atoms with Gasteiger partial charge in [0.2, 0.25) is 0 Å². The Morgan fingerprint density at radius 2 is 1.96 bits per heavy atom. The highest BCUT2D eigenvalue weighted by atomic mass is 16.5. The second-order valence-corrected chi connectivity index (χ2v) is 5.81. The van der Waals surface area contributed by atoms with Gasteiger partial charge in [-0.3, -0.25) is 0 Å². The van der Waals surface area contributed by atoms with Crippen molar-refractivity contribution in [1.29, 1.82) is 0 Å². The fourth-order valence-corrected chi connectivity index (χ4v) is 3.21. The first kappa shape index (κ1) is 16.4. The van der Waals surface area contributed by atoms with Gasteiger partial charge in [0.05, 0.1) is 13.7 Å². The Labute approximate surface area is 142 Å². The molecule has 1 aromatic heterocycles. The zero-order valence-electron chi connectivity index (χ0n) is 14.2. The number of aromatic amines is 1. The molecule has 0 fully saturated rings. The molecule has 0 saturated carbocycles. The molecule has 0 aliphatic carbocycles. The van der Waals surface area contributed by atoms with E-state index in [0.717, 1.165) is 29.0 Å². The molecular formula is C20H24N2O2. The summed E-state index contributed by atoms with van der Waals surface area (Å²) in [5.74, 6) is 1.80.